The summed E-state index contributed by atoms with van der Waals surface area (Å²) < 4.78 is 35.2. The van der Waals surface area contributed by atoms with Gasteiger partial charge in [-0.2, -0.15) is 0 Å². The highest BCUT2D eigenvalue weighted by Crippen LogP contribution is 2.33. The Hall–Kier alpha value is -5.18. The summed E-state index contributed by atoms with van der Waals surface area (Å²) in [4.78, 5) is 31.1. The molecule has 0 atom stereocenters. The number of nitro groups is 1. The SMILES string of the molecule is CN(C)CCCNc1ccc(S(=O)(=O)NC(=O)c2ccc(N3CCN(Cc4ccccc4-c4ccc(Cl)cc4)CC3)cc2Oc2ccc(Cl)cc2)cc1[N+](=O)[O-]. The lowest BCUT2D eigenvalue weighted by Crippen LogP contribution is -2.46. The Labute approximate surface area is 336 Å². The molecule has 1 fully saturated rings. The second-order valence-electron chi connectivity index (χ2n) is 13.6. The van der Waals surface area contributed by atoms with Crippen molar-refractivity contribution in [3.05, 3.63) is 140 Å². The first-order chi connectivity index (χ1) is 26.9. The van der Waals surface area contributed by atoms with Crippen molar-refractivity contribution in [2.45, 2.75) is 17.9 Å². The number of carbonyl (C=O) groups excluding carboxylic acids is 1. The summed E-state index contributed by atoms with van der Waals surface area (Å²) in [7, 11) is -0.686. The summed E-state index contributed by atoms with van der Waals surface area (Å²) >= 11 is 12.2. The lowest BCUT2D eigenvalue weighted by molar-refractivity contribution is -0.384. The molecule has 56 heavy (non-hydrogen) atoms. The number of anilines is 2. The largest absolute Gasteiger partial charge is 0.456 e. The van der Waals surface area contributed by atoms with Crippen molar-refractivity contribution < 1.29 is 22.9 Å². The average Bonchev–Trinajstić information content (AvgIpc) is 3.18. The number of hydrogen-bond acceptors (Lipinski definition) is 10. The van der Waals surface area contributed by atoms with E-state index in [1.54, 1.807) is 36.4 Å². The van der Waals surface area contributed by atoms with E-state index < -0.39 is 31.4 Å². The van der Waals surface area contributed by atoms with Gasteiger partial charge in [0.05, 0.1) is 15.4 Å². The van der Waals surface area contributed by atoms with Crippen LogP contribution in [0.25, 0.3) is 11.1 Å². The fourth-order valence-electron chi connectivity index (χ4n) is 6.42. The minimum absolute atomic E-state index is 0.0432. The number of halogens is 2. The van der Waals surface area contributed by atoms with Crippen LogP contribution in [0.4, 0.5) is 17.1 Å². The van der Waals surface area contributed by atoms with Gasteiger partial charge in [0.2, 0.25) is 0 Å². The van der Waals surface area contributed by atoms with Crippen LogP contribution in [0.3, 0.4) is 0 Å². The fourth-order valence-corrected chi connectivity index (χ4v) is 7.65. The zero-order valence-corrected chi connectivity index (χ0v) is 33.3. The maximum Gasteiger partial charge on any atom is 0.293 e. The second kappa shape index (κ2) is 18.2. The van der Waals surface area contributed by atoms with Crippen LogP contribution < -0.4 is 19.7 Å². The number of ether oxygens (including phenoxy) is 1. The third kappa shape index (κ3) is 10.4. The maximum absolute atomic E-state index is 13.7. The minimum atomic E-state index is -4.53. The van der Waals surface area contributed by atoms with Crippen LogP contribution in [-0.2, 0) is 16.6 Å². The van der Waals surface area contributed by atoms with Gasteiger partial charge in [0.15, 0.2) is 0 Å². The van der Waals surface area contributed by atoms with E-state index in [2.05, 4.69) is 32.0 Å². The van der Waals surface area contributed by atoms with Crippen molar-refractivity contribution in [2.24, 2.45) is 0 Å². The lowest BCUT2D eigenvalue weighted by atomic mass is 9.99. The first-order valence-electron chi connectivity index (χ1n) is 18.0. The molecule has 15 heteroatoms. The predicted molar refractivity (Wildman–Crippen MR) is 222 cm³/mol. The minimum Gasteiger partial charge on any atom is -0.456 e. The highest BCUT2D eigenvalue weighted by atomic mass is 35.5. The molecule has 5 aromatic carbocycles. The van der Waals surface area contributed by atoms with E-state index in [1.165, 1.54) is 23.8 Å². The summed E-state index contributed by atoms with van der Waals surface area (Å²) in [5, 5.41) is 16.1. The van der Waals surface area contributed by atoms with E-state index >= 15 is 0 Å². The molecule has 0 bridgehead atoms. The first-order valence-corrected chi connectivity index (χ1v) is 20.2. The maximum atomic E-state index is 13.7. The van der Waals surface area contributed by atoms with E-state index in [4.69, 9.17) is 27.9 Å². The van der Waals surface area contributed by atoms with Crippen LogP contribution in [0.2, 0.25) is 10.0 Å². The number of nitrogens with one attached hydrogen (secondary N) is 2. The predicted octanol–water partition coefficient (Wildman–Crippen LogP) is 8.17. The Morgan fingerprint density at radius 1 is 0.875 bits per heavy atom. The number of hydrogen-bond donors (Lipinski definition) is 2. The van der Waals surface area contributed by atoms with Crippen LogP contribution in [0.5, 0.6) is 11.5 Å². The molecular weight excluding hydrogens is 775 g/mol. The molecule has 1 amide bonds. The zero-order valence-electron chi connectivity index (χ0n) is 31.0. The number of nitro benzene ring substituents is 1. The van der Waals surface area contributed by atoms with Gasteiger partial charge in [0.25, 0.3) is 21.6 Å². The average molecular weight is 818 g/mol. The van der Waals surface area contributed by atoms with Gasteiger partial charge in [-0.1, -0.05) is 59.6 Å². The van der Waals surface area contributed by atoms with Crippen molar-refractivity contribution in [3.8, 4) is 22.6 Å². The second-order valence-corrected chi connectivity index (χ2v) is 16.2. The summed E-state index contributed by atoms with van der Waals surface area (Å²) in [5.41, 5.74) is 3.98. The van der Waals surface area contributed by atoms with Crippen molar-refractivity contribution in [2.75, 3.05) is 63.6 Å². The molecule has 5 aromatic rings. The number of benzene rings is 5. The van der Waals surface area contributed by atoms with E-state index in [-0.39, 0.29) is 17.0 Å². The molecule has 2 N–H and O–H groups in total. The van der Waals surface area contributed by atoms with Crippen molar-refractivity contribution in [3.63, 3.8) is 0 Å². The Kier molecular flexibility index (Phi) is 13.1. The van der Waals surface area contributed by atoms with Crippen molar-refractivity contribution in [1.29, 1.82) is 0 Å². The van der Waals surface area contributed by atoms with Gasteiger partial charge in [-0.25, -0.2) is 13.1 Å². The van der Waals surface area contributed by atoms with Gasteiger partial charge >= 0.3 is 0 Å². The topological polar surface area (TPSA) is 137 Å². The quantitative estimate of drug-likeness (QED) is 0.0605. The monoisotopic (exact) mass is 816 g/mol. The van der Waals surface area contributed by atoms with Crippen LogP contribution in [0, 0.1) is 10.1 Å². The molecule has 292 valence electrons. The van der Waals surface area contributed by atoms with E-state index in [0.717, 1.165) is 55.5 Å². The van der Waals surface area contributed by atoms with E-state index in [0.29, 0.717) is 35.4 Å². The normalized spacial score (nSPS) is 13.4. The first kappa shape index (κ1) is 40.5. The number of sulfonamides is 1. The Morgan fingerprint density at radius 2 is 1.55 bits per heavy atom. The van der Waals surface area contributed by atoms with Crippen LogP contribution >= 0.6 is 23.2 Å². The molecule has 0 aromatic heterocycles. The lowest BCUT2D eigenvalue weighted by Gasteiger charge is -2.36. The number of piperazine rings is 1. The van der Waals surface area contributed by atoms with Gasteiger partial charge in [-0.3, -0.25) is 19.8 Å². The van der Waals surface area contributed by atoms with Gasteiger partial charge in [0.1, 0.15) is 17.2 Å². The van der Waals surface area contributed by atoms with Crippen LogP contribution in [0.15, 0.2) is 114 Å². The molecule has 1 aliphatic heterocycles. The Balaban J connectivity index is 1.18. The third-order valence-electron chi connectivity index (χ3n) is 9.36. The highest BCUT2D eigenvalue weighted by molar-refractivity contribution is 7.90. The number of carbonyl (C=O) groups is 1. The summed E-state index contributed by atoms with van der Waals surface area (Å²) in [6.07, 6.45) is 0.719. The zero-order chi connectivity index (χ0) is 39.8. The number of amides is 1. The van der Waals surface area contributed by atoms with Crippen molar-refractivity contribution in [1.82, 2.24) is 14.5 Å². The molecule has 1 saturated heterocycles. The molecule has 1 aliphatic rings. The fraction of sp³-hybridized carbons (Fsp3) is 0.244. The van der Waals surface area contributed by atoms with Gasteiger partial charge < -0.3 is 19.9 Å². The van der Waals surface area contributed by atoms with E-state index in [9.17, 15) is 23.3 Å². The molecule has 0 spiro atoms. The third-order valence-corrected chi connectivity index (χ3v) is 11.2. The van der Waals surface area contributed by atoms with Gasteiger partial charge in [-0.05, 0) is 104 Å². The molecule has 0 aliphatic carbocycles. The number of nitrogens with zero attached hydrogens (tertiary/aromatic N) is 4. The summed E-state index contributed by atoms with van der Waals surface area (Å²) in [5.74, 6) is -0.449. The Bertz CT molecular complexity index is 2280. The van der Waals surface area contributed by atoms with Crippen LogP contribution in [0.1, 0.15) is 22.3 Å². The van der Waals surface area contributed by atoms with Gasteiger partial charge in [0, 0.05) is 67.1 Å². The summed E-state index contributed by atoms with van der Waals surface area (Å²) in [6, 6.07) is 31.2. The standard InChI is InChI=1S/C41H42Cl2N6O6S/c1-46(2)21-5-20-44-38-19-17-35(27-39(38)49(51)52)56(53,54)45-41(50)37-18-14-33(26-40(37)55-34-15-12-32(43)13-16-34)48-24-22-47(23-25-48)28-30-6-3-4-7-36(30)29-8-10-31(42)11-9-29/h3-4,6-19,26-27,44H,5,20-25,28H2,1-2H3,(H,45,50). The molecule has 1 heterocycles. The molecular formula is C41H42Cl2N6O6S. The smallest absolute Gasteiger partial charge is 0.293 e. The number of rotatable bonds is 15. The molecule has 0 radical (unpaired) electrons. The molecule has 6 rings (SSSR count). The summed E-state index contributed by atoms with van der Waals surface area (Å²) in [6.45, 7) is 4.93. The molecule has 0 saturated carbocycles. The molecule has 12 nitrogen and oxygen atoms in total. The van der Waals surface area contributed by atoms with Crippen molar-refractivity contribution >= 4 is 56.2 Å². The van der Waals surface area contributed by atoms with E-state index in [1.807, 2.05) is 55.4 Å². The van der Waals surface area contributed by atoms with Gasteiger partial charge in [-0.15, -0.1) is 0 Å². The molecule has 0 unspecified atom stereocenters. The van der Waals surface area contributed by atoms with Crippen LogP contribution in [-0.4, -0.2) is 82.4 Å². The Morgan fingerprint density at radius 3 is 2.23 bits per heavy atom. The highest BCUT2D eigenvalue weighted by Gasteiger charge is 2.27.